The van der Waals surface area contributed by atoms with Crippen LogP contribution in [0.2, 0.25) is 0 Å². The minimum absolute atomic E-state index is 0.0893. The molecule has 10 nitrogen and oxygen atoms in total. The predicted octanol–water partition coefficient (Wildman–Crippen LogP) is 2.25. The molecule has 1 amide bonds. The van der Waals surface area contributed by atoms with E-state index in [1.165, 1.54) is 35.0 Å². The van der Waals surface area contributed by atoms with Gasteiger partial charge in [0.1, 0.15) is 0 Å². The number of benzene rings is 2. The van der Waals surface area contributed by atoms with E-state index in [1.807, 2.05) is 0 Å². The molecule has 0 spiro atoms. The Bertz CT molecular complexity index is 1340. The highest BCUT2D eigenvalue weighted by Crippen LogP contribution is 2.32. The molecule has 2 heterocycles. The van der Waals surface area contributed by atoms with Crippen molar-refractivity contribution in [1.29, 1.82) is 0 Å². The number of hydrogen-bond donors (Lipinski definition) is 1. The first-order valence-electron chi connectivity index (χ1n) is 12.8. The highest BCUT2D eigenvalue weighted by atomic mass is 32.2. The van der Waals surface area contributed by atoms with Crippen LogP contribution in [0.3, 0.4) is 0 Å². The second kappa shape index (κ2) is 12.0. The molecule has 0 aromatic heterocycles. The molecule has 0 bridgehead atoms. The van der Waals surface area contributed by atoms with Crippen LogP contribution >= 0.6 is 0 Å². The predicted molar refractivity (Wildman–Crippen MR) is 142 cm³/mol. The number of piperidine rings is 1. The van der Waals surface area contributed by atoms with Crippen molar-refractivity contribution in [2.45, 2.75) is 41.9 Å². The molecule has 1 unspecified atom stereocenters. The standard InChI is InChI=1S/C26H35N3O7S2/c1-35-24-12-11-23(18-25(24)36-2)38(33,34)29-17-5-6-21(19-29)26(30)27-14-13-20-7-9-22(10-8-20)37(31,32)28-15-3-4-16-28/h7-12,18,21H,3-6,13-17,19H2,1-2H3,(H,27,30). The summed E-state index contributed by atoms with van der Waals surface area (Å²) in [7, 11) is -4.33. The summed E-state index contributed by atoms with van der Waals surface area (Å²) in [5, 5.41) is 2.91. The van der Waals surface area contributed by atoms with Crippen molar-refractivity contribution in [1.82, 2.24) is 13.9 Å². The molecule has 2 aromatic rings. The zero-order valence-corrected chi connectivity index (χ0v) is 23.4. The van der Waals surface area contributed by atoms with Crippen LogP contribution in [0.4, 0.5) is 0 Å². The molecule has 1 atom stereocenters. The number of hydrogen-bond acceptors (Lipinski definition) is 7. The van der Waals surface area contributed by atoms with Gasteiger partial charge < -0.3 is 14.8 Å². The first kappa shape index (κ1) is 28.3. The Morgan fingerprint density at radius 1 is 0.842 bits per heavy atom. The molecule has 0 aliphatic carbocycles. The fourth-order valence-electron chi connectivity index (χ4n) is 4.88. The van der Waals surface area contributed by atoms with Crippen molar-refractivity contribution < 1.29 is 31.1 Å². The molecule has 208 valence electrons. The highest BCUT2D eigenvalue weighted by Gasteiger charge is 2.34. The van der Waals surface area contributed by atoms with E-state index >= 15 is 0 Å². The lowest BCUT2D eigenvalue weighted by molar-refractivity contribution is -0.126. The van der Waals surface area contributed by atoms with Gasteiger partial charge >= 0.3 is 0 Å². The number of nitrogens with one attached hydrogen (secondary N) is 1. The van der Waals surface area contributed by atoms with Crippen molar-refractivity contribution in [3.05, 3.63) is 48.0 Å². The van der Waals surface area contributed by atoms with Gasteiger partial charge in [0, 0.05) is 38.8 Å². The summed E-state index contributed by atoms with van der Waals surface area (Å²) in [5.41, 5.74) is 0.909. The maximum atomic E-state index is 13.3. The molecular weight excluding hydrogens is 530 g/mol. The monoisotopic (exact) mass is 565 g/mol. The van der Waals surface area contributed by atoms with E-state index in [0.717, 1.165) is 18.4 Å². The molecule has 2 aromatic carbocycles. The molecule has 2 fully saturated rings. The van der Waals surface area contributed by atoms with E-state index in [2.05, 4.69) is 5.32 Å². The molecule has 2 aliphatic heterocycles. The number of ether oxygens (including phenoxy) is 2. The van der Waals surface area contributed by atoms with Crippen LogP contribution in [-0.2, 0) is 31.3 Å². The summed E-state index contributed by atoms with van der Waals surface area (Å²) in [6, 6.07) is 11.2. The maximum absolute atomic E-state index is 13.3. The average Bonchev–Trinajstić information content (AvgIpc) is 3.49. The quantitative estimate of drug-likeness (QED) is 0.469. The van der Waals surface area contributed by atoms with Gasteiger partial charge in [0.05, 0.1) is 29.9 Å². The van der Waals surface area contributed by atoms with Crippen LogP contribution in [0.1, 0.15) is 31.2 Å². The Kier molecular flexibility index (Phi) is 8.96. The molecule has 38 heavy (non-hydrogen) atoms. The van der Waals surface area contributed by atoms with E-state index in [0.29, 0.717) is 56.9 Å². The first-order valence-corrected chi connectivity index (χ1v) is 15.6. The van der Waals surface area contributed by atoms with Gasteiger partial charge in [-0.3, -0.25) is 4.79 Å². The zero-order valence-electron chi connectivity index (χ0n) is 21.8. The van der Waals surface area contributed by atoms with Crippen LogP contribution in [-0.4, -0.2) is 78.3 Å². The summed E-state index contributed by atoms with van der Waals surface area (Å²) in [4.78, 5) is 13.2. The Hall–Kier alpha value is -2.67. The van der Waals surface area contributed by atoms with Crippen molar-refractivity contribution >= 4 is 26.0 Å². The van der Waals surface area contributed by atoms with Gasteiger partial charge in [0.15, 0.2) is 11.5 Å². The summed E-state index contributed by atoms with van der Waals surface area (Å²) >= 11 is 0. The minimum atomic E-state index is -3.81. The van der Waals surface area contributed by atoms with Crippen molar-refractivity contribution in [3.63, 3.8) is 0 Å². The lowest BCUT2D eigenvalue weighted by Crippen LogP contribution is -2.45. The smallest absolute Gasteiger partial charge is 0.243 e. The van der Waals surface area contributed by atoms with Crippen molar-refractivity contribution in [2.75, 3.05) is 46.9 Å². The molecule has 4 rings (SSSR count). The number of amides is 1. The summed E-state index contributed by atoms with van der Waals surface area (Å²) in [6.07, 6.45) is 3.50. The third-order valence-corrected chi connectivity index (χ3v) is 10.9. The van der Waals surface area contributed by atoms with Crippen LogP contribution in [0, 0.1) is 5.92 Å². The van der Waals surface area contributed by atoms with Gasteiger partial charge in [0.2, 0.25) is 26.0 Å². The first-order chi connectivity index (χ1) is 18.2. The summed E-state index contributed by atoms with van der Waals surface area (Å²) in [6.45, 7) is 1.93. The Labute approximate surface area is 225 Å². The van der Waals surface area contributed by atoms with E-state index < -0.39 is 26.0 Å². The highest BCUT2D eigenvalue weighted by molar-refractivity contribution is 7.89. The molecule has 2 saturated heterocycles. The zero-order chi connectivity index (χ0) is 27.3. The van der Waals surface area contributed by atoms with Crippen molar-refractivity contribution in [3.8, 4) is 11.5 Å². The second-order valence-electron chi connectivity index (χ2n) is 9.52. The fourth-order valence-corrected chi connectivity index (χ4v) is 7.94. The number of carbonyl (C=O) groups is 1. The maximum Gasteiger partial charge on any atom is 0.243 e. The minimum Gasteiger partial charge on any atom is -0.493 e. The van der Waals surface area contributed by atoms with Gasteiger partial charge in [-0.1, -0.05) is 12.1 Å². The van der Waals surface area contributed by atoms with E-state index in [9.17, 15) is 21.6 Å². The van der Waals surface area contributed by atoms with Crippen LogP contribution in [0.15, 0.2) is 52.3 Å². The largest absolute Gasteiger partial charge is 0.493 e. The fraction of sp³-hybridized carbons (Fsp3) is 0.500. The lowest BCUT2D eigenvalue weighted by atomic mass is 9.99. The average molecular weight is 566 g/mol. The van der Waals surface area contributed by atoms with Crippen LogP contribution in [0.25, 0.3) is 0 Å². The Morgan fingerprint density at radius 2 is 1.45 bits per heavy atom. The second-order valence-corrected chi connectivity index (χ2v) is 13.4. The number of rotatable bonds is 10. The van der Waals surface area contributed by atoms with E-state index in [-0.39, 0.29) is 22.2 Å². The van der Waals surface area contributed by atoms with Crippen LogP contribution < -0.4 is 14.8 Å². The normalized spacial score (nSPS) is 19.3. The lowest BCUT2D eigenvalue weighted by Gasteiger charge is -2.31. The molecule has 1 N–H and O–H groups in total. The number of carbonyl (C=O) groups excluding carboxylic acids is 1. The molecule has 0 saturated carbocycles. The third kappa shape index (κ3) is 6.14. The third-order valence-electron chi connectivity index (χ3n) is 7.09. The van der Waals surface area contributed by atoms with Crippen molar-refractivity contribution in [2.24, 2.45) is 5.92 Å². The number of nitrogens with zero attached hydrogens (tertiary/aromatic N) is 2. The van der Waals surface area contributed by atoms with Gasteiger partial charge in [-0.05, 0) is 61.9 Å². The van der Waals surface area contributed by atoms with Gasteiger partial charge in [-0.25, -0.2) is 16.8 Å². The summed E-state index contributed by atoms with van der Waals surface area (Å²) in [5.74, 6) is 0.115. The SMILES string of the molecule is COc1ccc(S(=O)(=O)N2CCCC(C(=O)NCCc3ccc(S(=O)(=O)N4CCCC4)cc3)C2)cc1OC. The van der Waals surface area contributed by atoms with E-state index in [1.54, 1.807) is 30.3 Å². The summed E-state index contributed by atoms with van der Waals surface area (Å²) < 4.78 is 65.2. The molecule has 12 heteroatoms. The van der Waals surface area contributed by atoms with Gasteiger partial charge in [0.25, 0.3) is 0 Å². The van der Waals surface area contributed by atoms with E-state index in [4.69, 9.17) is 9.47 Å². The Morgan fingerprint density at radius 3 is 2.11 bits per heavy atom. The van der Waals surface area contributed by atoms with Crippen LogP contribution in [0.5, 0.6) is 11.5 Å². The number of methoxy groups -OCH3 is 2. The van der Waals surface area contributed by atoms with Gasteiger partial charge in [-0.2, -0.15) is 8.61 Å². The Balaban J connectivity index is 1.32. The molecule has 2 aliphatic rings. The van der Waals surface area contributed by atoms with Gasteiger partial charge in [-0.15, -0.1) is 0 Å². The molecular formula is C26H35N3O7S2. The number of sulfonamides is 2. The molecule has 0 radical (unpaired) electrons. The topological polar surface area (TPSA) is 122 Å².